The van der Waals surface area contributed by atoms with Crippen LogP contribution in [-0.4, -0.2) is 56.1 Å². The number of piperazine rings is 1. The van der Waals surface area contributed by atoms with Crippen molar-refractivity contribution in [3.05, 3.63) is 20.8 Å². The van der Waals surface area contributed by atoms with Crippen LogP contribution in [0.15, 0.2) is 15.9 Å². The molecule has 0 atom stereocenters. The predicted octanol–water partition coefficient (Wildman–Crippen LogP) is 2.24. The van der Waals surface area contributed by atoms with E-state index in [4.69, 9.17) is 0 Å². The van der Waals surface area contributed by atoms with E-state index < -0.39 is 0 Å². The number of likely N-dealkylation sites (N-methyl/N-ethyl adjacent to an activating group) is 1. The van der Waals surface area contributed by atoms with Gasteiger partial charge in [-0.1, -0.05) is 0 Å². The van der Waals surface area contributed by atoms with E-state index in [1.165, 1.54) is 47.8 Å². The van der Waals surface area contributed by atoms with Gasteiger partial charge in [-0.05, 0) is 54.6 Å². The number of halogens is 1. The molecule has 0 aliphatic carbocycles. The van der Waals surface area contributed by atoms with Gasteiger partial charge in [-0.3, -0.25) is 0 Å². The summed E-state index contributed by atoms with van der Waals surface area (Å²) in [5, 5.41) is 3.52. The molecule has 0 unspecified atom stereocenters. The van der Waals surface area contributed by atoms with Crippen LogP contribution < -0.4 is 5.32 Å². The van der Waals surface area contributed by atoms with Crippen molar-refractivity contribution in [1.29, 1.82) is 0 Å². The molecule has 5 heteroatoms. The second-order valence-electron chi connectivity index (χ2n) is 4.88. The lowest BCUT2D eigenvalue weighted by Crippen LogP contribution is -2.45. The Balaban J connectivity index is 1.51. The minimum absolute atomic E-state index is 0.999. The van der Waals surface area contributed by atoms with Gasteiger partial charge in [-0.25, -0.2) is 0 Å². The first kappa shape index (κ1) is 14.5. The Bertz CT molecular complexity index is 348. The van der Waals surface area contributed by atoms with E-state index in [-0.39, 0.29) is 0 Å². The van der Waals surface area contributed by atoms with Gasteiger partial charge in [0, 0.05) is 37.6 Å². The highest BCUT2D eigenvalue weighted by Gasteiger charge is 2.12. The Morgan fingerprint density at radius 2 is 2.06 bits per heavy atom. The number of hydrogen-bond donors (Lipinski definition) is 1. The van der Waals surface area contributed by atoms with Crippen LogP contribution in [0, 0.1) is 0 Å². The summed E-state index contributed by atoms with van der Waals surface area (Å²) in [5.74, 6) is 0. The summed E-state index contributed by atoms with van der Waals surface area (Å²) in [5.41, 5.74) is 0. The lowest BCUT2D eigenvalue weighted by atomic mass is 10.3. The Kier molecular flexibility index (Phi) is 6.11. The van der Waals surface area contributed by atoms with E-state index >= 15 is 0 Å². The topological polar surface area (TPSA) is 18.5 Å². The van der Waals surface area contributed by atoms with Crippen LogP contribution in [0.4, 0.5) is 0 Å². The molecule has 1 aliphatic heterocycles. The summed E-state index contributed by atoms with van der Waals surface area (Å²) >= 11 is 5.30. The van der Waals surface area contributed by atoms with Crippen molar-refractivity contribution < 1.29 is 0 Å². The van der Waals surface area contributed by atoms with Crippen molar-refractivity contribution in [3.8, 4) is 0 Å². The molecule has 2 rings (SSSR count). The first-order chi connectivity index (χ1) is 8.74. The molecule has 2 heterocycles. The molecule has 1 N–H and O–H groups in total. The zero-order valence-electron chi connectivity index (χ0n) is 11.0. The zero-order chi connectivity index (χ0) is 12.8. The lowest BCUT2D eigenvalue weighted by molar-refractivity contribution is 0.153. The van der Waals surface area contributed by atoms with E-state index in [9.17, 15) is 0 Å². The summed E-state index contributed by atoms with van der Waals surface area (Å²) in [6.07, 6.45) is 1.25. The minimum atomic E-state index is 0.999. The van der Waals surface area contributed by atoms with Gasteiger partial charge in [0.2, 0.25) is 0 Å². The first-order valence-corrected chi connectivity index (χ1v) is 8.21. The SMILES string of the molecule is CN1CCN(CCCNCc2ccc(Br)s2)CC1. The van der Waals surface area contributed by atoms with Gasteiger partial charge < -0.3 is 15.1 Å². The molecule has 3 nitrogen and oxygen atoms in total. The maximum atomic E-state index is 3.52. The fraction of sp³-hybridized carbons (Fsp3) is 0.692. The number of rotatable bonds is 6. The molecule has 102 valence electrons. The van der Waals surface area contributed by atoms with Gasteiger partial charge in [0.15, 0.2) is 0 Å². The van der Waals surface area contributed by atoms with Crippen LogP contribution in [0.3, 0.4) is 0 Å². The average molecular weight is 332 g/mol. The Morgan fingerprint density at radius 1 is 1.28 bits per heavy atom. The van der Waals surface area contributed by atoms with Crippen molar-refractivity contribution in [1.82, 2.24) is 15.1 Å². The average Bonchev–Trinajstić information content (AvgIpc) is 2.77. The molecule has 0 spiro atoms. The maximum Gasteiger partial charge on any atom is 0.0701 e. The first-order valence-electron chi connectivity index (χ1n) is 6.60. The van der Waals surface area contributed by atoms with Gasteiger partial charge in [0.1, 0.15) is 0 Å². The molecule has 0 radical (unpaired) electrons. The summed E-state index contributed by atoms with van der Waals surface area (Å²) < 4.78 is 1.22. The third-order valence-electron chi connectivity index (χ3n) is 3.35. The maximum absolute atomic E-state index is 3.52. The molecule has 0 bridgehead atoms. The summed E-state index contributed by atoms with van der Waals surface area (Å²) in [7, 11) is 2.21. The Morgan fingerprint density at radius 3 is 2.72 bits per heavy atom. The highest BCUT2D eigenvalue weighted by molar-refractivity contribution is 9.11. The normalized spacial score (nSPS) is 18.3. The summed E-state index contributed by atoms with van der Waals surface area (Å²) in [6, 6.07) is 4.30. The van der Waals surface area contributed by atoms with E-state index in [2.05, 4.69) is 50.2 Å². The van der Waals surface area contributed by atoms with E-state index in [0.717, 1.165) is 13.1 Å². The van der Waals surface area contributed by atoms with Crippen LogP contribution >= 0.6 is 27.3 Å². The van der Waals surface area contributed by atoms with Crippen molar-refractivity contribution >= 4 is 27.3 Å². The van der Waals surface area contributed by atoms with Crippen molar-refractivity contribution in [2.45, 2.75) is 13.0 Å². The molecular formula is C13H22BrN3S. The number of hydrogen-bond acceptors (Lipinski definition) is 4. The van der Waals surface area contributed by atoms with Crippen molar-refractivity contribution in [2.75, 3.05) is 46.3 Å². The van der Waals surface area contributed by atoms with Crippen LogP contribution in [0.1, 0.15) is 11.3 Å². The second-order valence-corrected chi connectivity index (χ2v) is 7.43. The summed E-state index contributed by atoms with van der Waals surface area (Å²) in [4.78, 5) is 6.38. The number of thiophene rings is 1. The zero-order valence-corrected chi connectivity index (χ0v) is 13.4. The van der Waals surface area contributed by atoms with E-state index in [1.54, 1.807) is 0 Å². The summed E-state index contributed by atoms with van der Waals surface area (Å²) in [6.45, 7) is 8.24. The van der Waals surface area contributed by atoms with Crippen LogP contribution in [0.2, 0.25) is 0 Å². The lowest BCUT2D eigenvalue weighted by Gasteiger charge is -2.32. The molecule has 0 amide bonds. The monoisotopic (exact) mass is 331 g/mol. The minimum Gasteiger partial charge on any atom is -0.312 e. The number of nitrogens with one attached hydrogen (secondary N) is 1. The smallest absolute Gasteiger partial charge is 0.0701 e. The largest absolute Gasteiger partial charge is 0.312 e. The van der Waals surface area contributed by atoms with E-state index in [1.807, 2.05) is 11.3 Å². The Labute approximate surface area is 122 Å². The molecule has 0 aromatic carbocycles. The molecule has 1 aromatic rings. The molecule has 1 aliphatic rings. The molecule has 1 fully saturated rings. The van der Waals surface area contributed by atoms with Gasteiger partial charge in [0.05, 0.1) is 3.79 Å². The van der Waals surface area contributed by atoms with Crippen LogP contribution in [-0.2, 0) is 6.54 Å². The van der Waals surface area contributed by atoms with Gasteiger partial charge >= 0.3 is 0 Å². The molecule has 18 heavy (non-hydrogen) atoms. The number of nitrogens with zero attached hydrogens (tertiary/aromatic N) is 2. The fourth-order valence-corrected chi connectivity index (χ4v) is 3.61. The van der Waals surface area contributed by atoms with Crippen LogP contribution in [0.5, 0.6) is 0 Å². The quantitative estimate of drug-likeness (QED) is 0.806. The highest BCUT2D eigenvalue weighted by Crippen LogP contribution is 2.21. The molecule has 1 aromatic heterocycles. The molecule has 1 saturated heterocycles. The van der Waals surface area contributed by atoms with Crippen LogP contribution in [0.25, 0.3) is 0 Å². The molecular weight excluding hydrogens is 310 g/mol. The fourth-order valence-electron chi connectivity index (χ4n) is 2.16. The third-order valence-corrected chi connectivity index (χ3v) is 4.98. The van der Waals surface area contributed by atoms with Gasteiger partial charge in [-0.2, -0.15) is 0 Å². The standard InChI is InChI=1S/C13H22BrN3S/c1-16-7-9-17(10-8-16)6-2-5-15-11-12-3-4-13(14)18-12/h3-4,15H,2,5-11H2,1H3. The van der Waals surface area contributed by atoms with E-state index in [0.29, 0.717) is 0 Å². The second kappa shape index (κ2) is 7.60. The highest BCUT2D eigenvalue weighted by atomic mass is 79.9. The van der Waals surface area contributed by atoms with Gasteiger partial charge in [0.25, 0.3) is 0 Å². The molecule has 0 saturated carbocycles. The van der Waals surface area contributed by atoms with Gasteiger partial charge in [-0.15, -0.1) is 11.3 Å². The van der Waals surface area contributed by atoms with Crippen molar-refractivity contribution in [2.24, 2.45) is 0 Å². The predicted molar refractivity (Wildman–Crippen MR) is 82.3 cm³/mol. The van der Waals surface area contributed by atoms with Crippen molar-refractivity contribution in [3.63, 3.8) is 0 Å². The third kappa shape index (κ3) is 4.97. The Hall–Kier alpha value is 0.0600.